The van der Waals surface area contributed by atoms with Gasteiger partial charge in [0.2, 0.25) is 5.91 Å². The Morgan fingerprint density at radius 1 is 1.21 bits per heavy atom. The van der Waals surface area contributed by atoms with Gasteiger partial charge in [0.15, 0.2) is 0 Å². The molecular formula is C22H21FN4O2. The van der Waals surface area contributed by atoms with Gasteiger partial charge in [0.1, 0.15) is 5.82 Å². The van der Waals surface area contributed by atoms with Crippen molar-refractivity contribution < 1.29 is 14.0 Å². The first kappa shape index (κ1) is 18.9. The van der Waals surface area contributed by atoms with Crippen molar-refractivity contribution in [3.63, 3.8) is 0 Å². The number of carbonyl (C=O) groups excluding carboxylic acids is 2. The molecule has 0 saturated carbocycles. The van der Waals surface area contributed by atoms with Crippen LogP contribution in [-0.2, 0) is 11.3 Å². The normalized spacial score (nSPS) is 13.7. The number of anilines is 2. The molecule has 148 valence electrons. The zero-order valence-corrected chi connectivity index (χ0v) is 16.1. The number of halogens is 1. The predicted octanol–water partition coefficient (Wildman–Crippen LogP) is 3.76. The number of hydrogen-bond acceptors (Lipinski definition) is 3. The van der Waals surface area contributed by atoms with Gasteiger partial charge in [-0.25, -0.2) is 4.39 Å². The molecule has 1 saturated heterocycles. The summed E-state index contributed by atoms with van der Waals surface area (Å²) >= 11 is 0. The SMILES string of the molecule is Cc1c(C(=O)Nc2ccc(N3CCCC3=O)c(F)c2)cnn1Cc1ccccc1. The molecule has 4 rings (SSSR count). The molecule has 2 amide bonds. The lowest BCUT2D eigenvalue weighted by molar-refractivity contribution is -0.117. The highest BCUT2D eigenvalue weighted by Gasteiger charge is 2.24. The summed E-state index contributed by atoms with van der Waals surface area (Å²) in [5, 5.41) is 7.01. The summed E-state index contributed by atoms with van der Waals surface area (Å²) in [5.74, 6) is -0.970. The van der Waals surface area contributed by atoms with Gasteiger partial charge < -0.3 is 10.2 Å². The van der Waals surface area contributed by atoms with Crippen molar-refractivity contribution >= 4 is 23.2 Å². The third-order valence-corrected chi connectivity index (χ3v) is 5.09. The van der Waals surface area contributed by atoms with E-state index in [-0.39, 0.29) is 17.5 Å². The van der Waals surface area contributed by atoms with E-state index in [0.717, 1.165) is 17.7 Å². The lowest BCUT2D eigenvalue weighted by atomic mass is 10.2. The van der Waals surface area contributed by atoms with E-state index in [1.54, 1.807) is 10.7 Å². The van der Waals surface area contributed by atoms with E-state index in [0.29, 0.717) is 30.8 Å². The molecule has 29 heavy (non-hydrogen) atoms. The van der Waals surface area contributed by atoms with E-state index < -0.39 is 5.82 Å². The topological polar surface area (TPSA) is 67.2 Å². The second-order valence-corrected chi connectivity index (χ2v) is 7.06. The standard InChI is InChI=1S/C22H21FN4O2/c1-15-18(13-24-27(15)14-16-6-3-2-4-7-16)22(29)25-17-9-10-20(19(23)12-17)26-11-5-8-21(26)28/h2-4,6-7,9-10,12-13H,5,8,11,14H2,1H3,(H,25,29). The Labute approximate surface area is 167 Å². The minimum absolute atomic E-state index is 0.0814. The average molecular weight is 392 g/mol. The van der Waals surface area contributed by atoms with E-state index in [2.05, 4.69) is 10.4 Å². The number of benzene rings is 2. The predicted molar refractivity (Wildman–Crippen MR) is 108 cm³/mol. The van der Waals surface area contributed by atoms with Crippen LogP contribution in [0.3, 0.4) is 0 Å². The van der Waals surface area contributed by atoms with Gasteiger partial charge in [-0.3, -0.25) is 14.3 Å². The fraction of sp³-hybridized carbons (Fsp3) is 0.227. The number of carbonyl (C=O) groups is 2. The maximum absolute atomic E-state index is 14.5. The molecular weight excluding hydrogens is 371 g/mol. The summed E-state index contributed by atoms with van der Waals surface area (Å²) in [5.41, 5.74) is 2.82. The van der Waals surface area contributed by atoms with Gasteiger partial charge in [0.25, 0.3) is 5.91 Å². The summed E-state index contributed by atoms with van der Waals surface area (Å²) < 4.78 is 16.2. The molecule has 1 aliphatic rings. The monoisotopic (exact) mass is 392 g/mol. The van der Waals surface area contributed by atoms with Gasteiger partial charge in [-0.1, -0.05) is 30.3 Å². The van der Waals surface area contributed by atoms with Crippen molar-refractivity contribution in [2.45, 2.75) is 26.3 Å². The van der Waals surface area contributed by atoms with Crippen LogP contribution >= 0.6 is 0 Å². The van der Waals surface area contributed by atoms with E-state index in [1.165, 1.54) is 23.2 Å². The summed E-state index contributed by atoms with van der Waals surface area (Å²) in [6.45, 7) is 2.90. The van der Waals surface area contributed by atoms with Crippen LogP contribution in [-0.4, -0.2) is 28.1 Å². The molecule has 0 unspecified atom stereocenters. The van der Waals surface area contributed by atoms with Crippen molar-refractivity contribution in [2.24, 2.45) is 0 Å². The largest absolute Gasteiger partial charge is 0.322 e. The molecule has 6 nitrogen and oxygen atoms in total. The van der Waals surface area contributed by atoms with E-state index >= 15 is 0 Å². The number of nitrogens with zero attached hydrogens (tertiary/aromatic N) is 3. The van der Waals surface area contributed by atoms with Crippen LogP contribution in [0, 0.1) is 12.7 Å². The third-order valence-electron chi connectivity index (χ3n) is 5.09. The van der Waals surface area contributed by atoms with Gasteiger partial charge in [-0.15, -0.1) is 0 Å². The van der Waals surface area contributed by atoms with E-state index in [1.807, 2.05) is 37.3 Å². The van der Waals surface area contributed by atoms with Gasteiger partial charge in [-0.05, 0) is 37.1 Å². The van der Waals surface area contributed by atoms with E-state index in [4.69, 9.17) is 0 Å². The molecule has 1 fully saturated rings. The zero-order valence-electron chi connectivity index (χ0n) is 16.1. The van der Waals surface area contributed by atoms with Gasteiger partial charge in [0, 0.05) is 24.3 Å². The van der Waals surface area contributed by atoms with Crippen LogP contribution in [0.5, 0.6) is 0 Å². The molecule has 0 bridgehead atoms. The number of amides is 2. The number of nitrogens with one attached hydrogen (secondary N) is 1. The maximum Gasteiger partial charge on any atom is 0.259 e. The molecule has 0 aliphatic carbocycles. The first-order valence-electron chi connectivity index (χ1n) is 9.50. The van der Waals surface area contributed by atoms with Crippen LogP contribution in [0.15, 0.2) is 54.7 Å². The van der Waals surface area contributed by atoms with E-state index in [9.17, 15) is 14.0 Å². The van der Waals surface area contributed by atoms with Crippen molar-refractivity contribution in [3.8, 4) is 0 Å². The minimum atomic E-state index is -0.533. The molecule has 1 N–H and O–H groups in total. The van der Waals surface area contributed by atoms with Gasteiger partial charge in [0.05, 0.1) is 24.0 Å². The fourth-order valence-electron chi connectivity index (χ4n) is 3.49. The van der Waals surface area contributed by atoms with Crippen LogP contribution in [0.25, 0.3) is 0 Å². The average Bonchev–Trinajstić information content (AvgIpc) is 3.29. The van der Waals surface area contributed by atoms with Gasteiger partial charge in [-0.2, -0.15) is 5.10 Å². The Morgan fingerprint density at radius 3 is 2.69 bits per heavy atom. The van der Waals surface area contributed by atoms with Crippen LogP contribution < -0.4 is 10.2 Å². The number of aromatic nitrogens is 2. The molecule has 2 aromatic carbocycles. The van der Waals surface area contributed by atoms with Crippen molar-refractivity contribution in [1.29, 1.82) is 0 Å². The third kappa shape index (κ3) is 3.89. The molecule has 0 radical (unpaired) electrons. The van der Waals surface area contributed by atoms with Crippen molar-refractivity contribution in [1.82, 2.24) is 9.78 Å². The Morgan fingerprint density at radius 2 is 2.00 bits per heavy atom. The lowest BCUT2D eigenvalue weighted by Gasteiger charge is -2.17. The highest BCUT2D eigenvalue weighted by atomic mass is 19.1. The Bertz CT molecular complexity index is 1060. The molecule has 2 heterocycles. The maximum atomic E-state index is 14.5. The second-order valence-electron chi connectivity index (χ2n) is 7.06. The highest BCUT2D eigenvalue weighted by Crippen LogP contribution is 2.27. The first-order chi connectivity index (χ1) is 14.0. The second kappa shape index (κ2) is 7.87. The Balaban J connectivity index is 1.48. The Hall–Kier alpha value is -3.48. The van der Waals surface area contributed by atoms with Crippen LogP contribution in [0.2, 0.25) is 0 Å². The van der Waals surface area contributed by atoms with Crippen molar-refractivity contribution in [2.75, 3.05) is 16.8 Å². The molecule has 0 atom stereocenters. The van der Waals surface area contributed by atoms with Crippen molar-refractivity contribution in [3.05, 3.63) is 77.4 Å². The zero-order chi connectivity index (χ0) is 20.4. The molecule has 1 aliphatic heterocycles. The summed E-state index contributed by atoms with van der Waals surface area (Å²) in [6.07, 6.45) is 2.68. The molecule has 3 aromatic rings. The van der Waals surface area contributed by atoms with Gasteiger partial charge >= 0.3 is 0 Å². The summed E-state index contributed by atoms with van der Waals surface area (Å²) in [7, 11) is 0. The minimum Gasteiger partial charge on any atom is -0.322 e. The number of rotatable bonds is 5. The van der Waals surface area contributed by atoms with Crippen LogP contribution in [0.1, 0.15) is 34.5 Å². The Kier molecular flexibility index (Phi) is 5.12. The highest BCUT2D eigenvalue weighted by molar-refractivity contribution is 6.05. The lowest BCUT2D eigenvalue weighted by Crippen LogP contribution is -2.24. The quantitative estimate of drug-likeness (QED) is 0.719. The molecule has 7 heteroatoms. The first-order valence-corrected chi connectivity index (χ1v) is 9.50. The van der Waals surface area contributed by atoms with Crippen LogP contribution in [0.4, 0.5) is 15.8 Å². The number of hydrogen-bond donors (Lipinski definition) is 1. The molecule has 1 aromatic heterocycles. The summed E-state index contributed by atoms with van der Waals surface area (Å²) in [4.78, 5) is 25.9. The smallest absolute Gasteiger partial charge is 0.259 e. The fourth-order valence-corrected chi connectivity index (χ4v) is 3.49. The summed E-state index contributed by atoms with van der Waals surface area (Å²) in [6, 6.07) is 14.2. The molecule has 0 spiro atoms.